The first-order chi connectivity index (χ1) is 15.8. The average Bonchev–Trinajstić information content (AvgIpc) is 3.50. The normalized spacial score (nSPS) is 18.2. The van der Waals surface area contributed by atoms with Crippen LogP contribution in [0.15, 0.2) is 18.2 Å². The van der Waals surface area contributed by atoms with Gasteiger partial charge in [0.05, 0.1) is 24.4 Å². The van der Waals surface area contributed by atoms with Crippen molar-refractivity contribution in [2.45, 2.75) is 31.2 Å². The summed E-state index contributed by atoms with van der Waals surface area (Å²) >= 11 is 0. The minimum atomic E-state index is -4.99. The highest BCUT2D eigenvalue weighted by atomic mass is 19.4. The summed E-state index contributed by atoms with van der Waals surface area (Å²) in [6.07, 6.45) is -8.56. The number of benzene rings is 1. The first-order valence-electron chi connectivity index (χ1n) is 10.3. The van der Waals surface area contributed by atoms with Crippen LogP contribution in [-0.4, -0.2) is 67.7 Å². The lowest BCUT2D eigenvalue weighted by atomic mass is 10.1. The summed E-state index contributed by atoms with van der Waals surface area (Å²) in [4.78, 5) is 38.2. The molecule has 1 aromatic carbocycles. The minimum Gasteiger partial charge on any atom is -0.370 e. The van der Waals surface area contributed by atoms with E-state index in [0.29, 0.717) is 23.8 Å². The second-order valence-corrected chi connectivity index (χ2v) is 8.11. The number of primary amides is 1. The lowest BCUT2D eigenvalue weighted by Crippen LogP contribution is -2.55. The quantitative estimate of drug-likeness (QED) is 0.424. The summed E-state index contributed by atoms with van der Waals surface area (Å²) in [5.41, 5.74) is 2.95. The van der Waals surface area contributed by atoms with Crippen LogP contribution in [0.1, 0.15) is 18.4 Å². The molecule has 3 N–H and O–H groups in total. The number of alkyl halides is 6. The molecule has 8 nitrogen and oxygen atoms in total. The number of anilines is 2. The highest BCUT2D eigenvalue weighted by Gasteiger charge is 2.42. The van der Waals surface area contributed by atoms with Gasteiger partial charge in [-0.3, -0.25) is 19.3 Å². The van der Waals surface area contributed by atoms with Crippen molar-refractivity contribution in [3.8, 4) is 0 Å². The van der Waals surface area contributed by atoms with Crippen molar-refractivity contribution < 1.29 is 45.5 Å². The minimum absolute atomic E-state index is 0.0131. The third-order valence-electron chi connectivity index (χ3n) is 5.32. The fourth-order valence-corrected chi connectivity index (χ4v) is 3.63. The fourth-order valence-electron chi connectivity index (χ4n) is 3.63. The van der Waals surface area contributed by atoms with Crippen molar-refractivity contribution in [1.29, 1.82) is 0 Å². The molecule has 1 aliphatic carbocycles. The molecule has 1 heterocycles. The first kappa shape index (κ1) is 25.7. The standard InChI is InChI=1S/C20H22F6N4O4/c21-19(22,23)10-29(8-11-1-2-11)16(17(27)32)18(33)28-14-4-3-12(7-13(14)20(24,25)26)30-5-6-34-9-15(30)31/h3-4,7,11,16H,1-2,5-6,8-10H2,(H2,27,32)(H,28,33)/t16-/m1/s1. The smallest absolute Gasteiger partial charge is 0.370 e. The predicted molar refractivity (Wildman–Crippen MR) is 107 cm³/mol. The molecule has 1 aromatic rings. The Kier molecular flexibility index (Phi) is 7.41. The van der Waals surface area contributed by atoms with Crippen LogP contribution in [0.4, 0.5) is 37.7 Å². The van der Waals surface area contributed by atoms with Gasteiger partial charge in [-0.05, 0) is 37.0 Å². The number of carbonyl (C=O) groups is 3. The molecule has 1 saturated carbocycles. The van der Waals surface area contributed by atoms with E-state index >= 15 is 0 Å². The Bertz CT molecular complexity index is 948. The Labute approximate surface area is 190 Å². The maximum atomic E-state index is 13.7. The number of hydrogen-bond donors (Lipinski definition) is 2. The van der Waals surface area contributed by atoms with E-state index in [1.165, 1.54) is 0 Å². The van der Waals surface area contributed by atoms with E-state index in [1.807, 2.05) is 5.32 Å². The number of nitrogens with one attached hydrogen (secondary N) is 1. The summed E-state index contributed by atoms with van der Waals surface area (Å²) in [5.74, 6) is -3.58. The van der Waals surface area contributed by atoms with Gasteiger partial charge in [0.1, 0.15) is 6.61 Å². The lowest BCUT2D eigenvalue weighted by Gasteiger charge is -2.30. The molecule has 1 aliphatic heterocycles. The lowest BCUT2D eigenvalue weighted by molar-refractivity contribution is -0.157. The molecule has 3 amide bonds. The number of ether oxygens (including phenoxy) is 1. The number of morpholine rings is 1. The summed E-state index contributed by atoms with van der Waals surface area (Å²) in [7, 11) is 0. The van der Waals surface area contributed by atoms with E-state index in [0.717, 1.165) is 17.0 Å². The second kappa shape index (κ2) is 9.78. The average molecular weight is 496 g/mol. The maximum Gasteiger partial charge on any atom is 0.418 e. The van der Waals surface area contributed by atoms with Crippen LogP contribution in [0.25, 0.3) is 0 Å². The van der Waals surface area contributed by atoms with Gasteiger partial charge in [-0.1, -0.05) is 0 Å². The van der Waals surface area contributed by atoms with Gasteiger partial charge in [0, 0.05) is 18.8 Å². The molecular weight excluding hydrogens is 474 g/mol. The Morgan fingerprint density at radius 2 is 1.88 bits per heavy atom. The van der Waals surface area contributed by atoms with Crippen LogP contribution < -0.4 is 16.0 Å². The van der Waals surface area contributed by atoms with Crippen molar-refractivity contribution in [3.63, 3.8) is 0 Å². The molecule has 0 aromatic heterocycles. The fraction of sp³-hybridized carbons (Fsp3) is 0.550. The van der Waals surface area contributed by atoms with Gasteiger partial charge in [-0.2, -0.15) is 26.3 Å². The van der Waals surface area contributed by atoms with E-state index in [9.17, 15) is 40.7 Å². The zero-order chi connectivity index (χ0) is 25.3. The highest BCUT2D eigenvalue weighted by molar-refractivity contribution is 6.10. The first-order valence-corrected chi connectivity index (χ1v) is 10.3. The van der Waals surface area contributed by atoms with Crippen LogP contribution in [0.5, 0.6) is 0 Å². The number of carbonyl (C=O) groups excluding carboxylic acids is 3. The number of nitrogens with two attached hydrogens (primary N) is 1. The van der Waals surface area contributed by atoms with Gasteiger partial charge in [0.15, 0.2) is 6.04 Å². The molecule has 0 spiro atoms. The number of halogens is 6. The summed E-state index contributed by atoms with van der Waals surface area (Å²) < 4.78 is 85.3. The zero-order valence-corrected chi connectivity index (χ0v) is 17.7. The van der Waals surface area contributed by atoms with Crippen LogP contribution in [0.3, 0.4) is 0 Å². The van der Waals surface area contributed by atoms with Crippen molar-refractivity contribution in [2.75, 3.05) is 43.1 Å². The number of nitrogens with zero attached hydrogens (tertiary/aromatic N) is 2. The largest absolute Gasteiger partial charge is 0.418 e. The number of hydrogen-bond acceptors (Lipinski definition) is 5. The predicted octanol–water partition coefficient (Wildman–Crippen LogP) is 2.14. The third-order valence-corrected chi connectivity index (χ3v) is 5.32. The zero-order valence-electron chi connectivity index (χ0n) is 17.7. The molecule has 1 saturated heterocycles. The van der Waals surface area contributed by atoms with Crippen molar-refractivity contribution >= 4 is 29.1 Å². The van der Waals surface area contributed by atoms with E-state index < -0.39 is 53.9 Å². The molecular formula is C20H22F6N4O4. The molecule has 34 heavy (non-hydrogen) atoms. The highest BCUT2D eigenvalue weighted by Crippen LogP contribution is 2.38. The Hall–Kier alpha value is -2.87. The molecule has 0 unspecified atom stereocenters. The third kappa shape index (κ3) is 6.59. The summed E-state index contributed by atoms with van der Waals surface area (Å²) in [5, 5.41) is 1.90. The number of rotatable bonds is 8. The number of amides is 3. The Balaban J connectivity index is 1.89. The second-order valence-electron chi connectivity index (χ2n) is 8.11. The molecule has 1 atom stereocenters. The van der Waals surface area contributed by atoms with Crippen LogP contribution in [0.2, 0.25) is 0 Å². The Morgan fingerprint density at radius 1 is 1.21 bits per heavy atom. The van der Waals surface area contributed by atoms with Gasteiger partial charge in [-0.15, -0.1) is 0 Å². The Morgan fingerprint density at radius 3 is 2.41 bits per heavy atom. The maximum absolute atomic E-state index is 13.7. The summed E-state index contributed by atoms with van der Waals surface area (Å²) in [6, 6.07) is 0.510. The molecule has 0 bridgehead atoms. The van der Waals surface area contributed by atoms with Crippen LogP contribution >= 0.6 is 0 Å². The van der Waals surface area contributed by atoms with Crippen molar-refractivity contribution in [2.24, 2.45) is 11.7 Å². The van der Waals surface area contributed by atoms with E-state index in [-0.39, 0.29) is 37.9 Å². The van der Waals surface area contributed by atoms with Gasteiger partial charge < -0.3 is 20.7 Å². The molecule has 0 radical (unpaired) electrons. The van der Waals surface area contributed by atoms with Crippen molar-refractivity contribution in [3.05, 3.63) is 23.8 Å². The van der Waals surface area contributed by atoms with Gasteiger partial charge >= 0.3 is 12.4 Å². The topological polar surface area (TPSA) is 105 Å². The van der Waals surface area contributed by atoms with Crippen LogP contribution in [0, 0.1) is 5.92 Å². The SMILES string of the molecule is NC(=O)[C@H](C(=O)Nc1ccc(N2CCOCC2=O)cc1C(F)(F)F)N(CC1CC1)CC(F)(F)F. The molecule has 3 rings (SSSR count). The summed E-state index contributed by atoms with van der Waals surface area (Å²) in [6.45, 7) is -2.07. The van der Waals surface area contributed by atoms with E-state index in [1.54, 1.807) is 0 Å². The van der Waals surface area contributed by atoms with Gasteiger partial charge in [0.2, 0.25) is 5.91 Å². The van der Waals surface area contributed by atoms with E-state index in [2.05, 4.69) is 0 Å². The molecule has 2 aliphatic rings. The van der Waals surface area contributed by atoms with Gasteiger partial charge in [0.25, 0.3) is 11.8 Å². The monoisotopic (exact) mass is 496 g/mol. The van der Waals surface area contributed by atoms with Gasteiger partial charge in [-0.25, -0.2) is 0 Å². The molecule has 188 valence electrons. The molecule has 2 fully saturated rings. The molecule has 14 heteroatoms. The van der Waals surface area contributed by atoms with Crippen LogP contribution in [-0.2, 0) is 25.3 Å². The van der Waals surface area contributed by atoms with Crippen molar-refractivity contribution in [1.82, 2.24) is 4.90 Å². The van der Waals surface area contributed by atoms with E-state index in [4.69, 9.17) is 10.5 Å².